The van der Waals surface area contributed by atoms with E-state index in [2.05, 4.69) is 10.3 Å². The molecular weight excluding hydrogens is 335 g/mol. The maximum Gasteiger partial charge on any atom is 0.245 e. The van der Waals surface area contributed by atoms with Crippen molar-refractivity contribution in [3.05, 3.63) is 42.0 Å². The summed E-state index contributed by atoms with van der Waals surface area (Å²) < 4.78 is 42.2. The van der Waals surface area contributed by atoms with Crippen molar-refractivity contribution in [2.75, 3.05) is 13.1 Å². The van der Waals surface area contributed by atoms with Crippen LogP contribution in [0.5, 0.6) is 0 Å². The molecule has 1 aromatic carbocycles. The van der Waals surface area contributed by atoms with Crippen LogP contribution in [0.2, 0.25) is 0 Å². The van der Waals surface area contributed by atoms with Crippen LogP contribution < -0.4 is 0 Å². The van der Waals surface area contributed by atoms with Gasteiger partial charge >= 0.3 is 0 Å². The van der Waals surface area contributed by atoms with Crippen LogP contribution in [0, 0.1) is 11.7 Å². The van der Waals surface area contributed by atoms with E-state index in [1.54, 1.807) is 10.9 Å². The lowest BCUT2D eigenvalue weighted by Crippen LogP contribution is -2.41. The van der Waals surface area contributed by atoms with Crippen LogP contribution in [0.25, 0.3) is 0 Å². The quantitative estimate of drug-likeness (QED) is 0.866. The monoisotopic (exact) mass is 354 g/mol. The molecule has 0 spiro atoms. The Balaban J connectivity index is 1.74. The van der Waals surface area contributed by atoms with E-state index >= 15 is 0 Å². The smallest absolute Gasteiger partial charge is 0.245 e. The molecule has 1 unspecified atom stereocenters. The summed E-state index contributed by atoms with van der Waals surface area (Å²) in [5.74, 6) is -0.669. The molecule has 1 aliphatic rings. The van der Waals surface area contributed by atoms with E-state index in [4.69, 9.17) is 5.11 Å². The molecule has 2 aromatic rings. The van der Waals surface area contributed by atoms with Gasteiger partial charge < -0.3 is 5.11 Å². The third-order valence-electron chi connectivity index (χ3n) is 4.13. The van der Waals surface area contributed by atoms with Crippen LogP contribution in [-0.4, -0.2) is 45.9 Å². The van der Waals surface area contributed by atoms with Gasteiger partial charge in [-0.2, -0.15) is 4.31 Å². The van der Waals surface area contributed by atoms with E-state index in [1.165, 1.54) is 22.5 Å². The molecule has 1 aliphatic heterocycles. The summed E-state index contributed by atoms with van der Waals surface area (Å²) in [7, 11) is -3.84. The molecule has 7 nitrogen and oxygen atoms in total. The molecule has 0 bridgehead atoms. The fraction of sp³-hybridized carbons (Fsp3) is 0.467. The molecule has 1 fully saturated rings. The highest BCUT2D eigenvalue weighted by Gasteiger charge is 2.32. The number of piperidine rings is 1. The Morgan fingerprint density at radius 1 is 1.33 bits per heavy atom. The zero-order valence-electron chi connectivity index (χ0n) is 13.0. The van der Waals surface area contributed by atoms with Gasteiger partial charge in [0.2, 0.25) is 10.0 Å². The maximum atomic E-state index is 13.9. The Morgan fingerprint density at radius 3 is 2.83 bits per heavy atom. The minimum absolute atomic E-state index is 0.0635. The molecule has 1 N–H and O–H groups in total. The SMILES string of the molecule is O=S(=O)(c1ccccc1F)N1CCCC(Cn2cc(CO)nn2)C1. The largest absolute Gasteiger partial charge is 0.390 e. The van der Waals surface area contributed by atoms with E-state index in [-0.39, 0.29) is 17.4 Å². The van der Waals surface area contributed by atoms with Gasteiger partial charge in [0.1, 0.15) is 16.4 Å². The number of halogens is 1. The molecule has 24 heavy (non-hydrogen) atoms. The van der Waals surface area contributed by atoms with Gasteiger partial charge in [0.15, 0.2) is 0 Å². The van der Waals surface area contributed by atoms with E-state index in [0.29, 0.717) is 31.7 Å². The fourth-order valence-corrected chi connectivity index (χ4v) is 4.57. The summed E-state index contributed by atoms with van der Waals surface area (Å²) in [6.07, 6.45) is 3.21. The van der Waals surface area contributed by atoms with Crippen molar-refractivity contribution in [3.63, 3.8) is 0 Å². The van der Waals surface area contributed by atoms with Crippen molar-refractivity contribution in [1.29, 1.82) is 0 Å². The van der Waals surface area contributed by atoms with Gasteiger partial charge in [-0.15, -0.1) is 5.10 Å². The van der Waals surface area contributed by atoms with Crippen LogP contribution in [-0.2, 0) is 23.2 Å². The predicted octanol–water partition coefficient (Wildman–Crippen LogP) is 1.01. The second kappa shape index (κ2) is 6.96. The number of nitrogens with zero attached hydrogens (tertiary/aromatic N) is 4. The number of aliphatic hydroxyl groups is 1. The molecule has 0 aliphatic carbocycles. The molecule has 3 rings (SSSR count). The molecule has 0 saturated carbocycles. The molecule has 0 radical (unpaired) electrons. The standard InChI is InChI=1S/C15H19FN4O3S/c16-14-5-1-2-6-15(14)24(22,23)20-7-3-4-12(9-20)8-19-10-13(11-21)17-18-19/h1-2,5-6,10,12,21H,3-4,7-9,11H2. The normalized spacial score (nSPS) is 19.5. The highest BCUT2D eigenvalue weighted by atomic mass is 32.2. The Kier molecular flexibility index (Phi) is 4.93. The van der Waals surface area contributed by atoms with E-state index in [0.717, 1.165) is 12.5 Å². The number of rotatable bonds is 5. The van der Waals surface area contributed by atoms with Crippen molar-refractivity contribution >= 4 is 10.0 Å². The Labute approximate surface area is 139 Å². The van der Waals surface area contributed by atoms with Gasteiger partial charge in [-0.05, 0) is 30.9 Å². The van der Waals surface area contributed by atoms with Crippen molar-refractivity contribution in [2.45, 2.75) is 30.9 Å². The van der Waals surface area contributed by atoms with E-state index < -0.39 is 15.8 Å². The Hall–Kier alpha value is -1.84. The van der Waals surface area contributed by atoms with Crippen LogP contribution in [0.1, 0.15) is 18.5 Å². The van der Waals surface area contributed by atoms with Crippen molar-refractivity contribution in [1.82, 2.24) is 19.3 Å². The first-order valence-electron chi connectivity index (χ1n) is 7.75. The number of hydrogen-bond acceptors (Lipinski definition) is 5. The molecule has 1 atom stereocenters. The zero-order valence-corrected chi connectivity index (χ0v) is 13.9. The first-order chi connectivity index (χ1) is 11.5. The summed E-state index contributed by atoms with van der Waals surface area (Å²) in [5.41, 5.74) is 0.474. The summed E-state index contributed by atoms with van der Waals surface area (Å²) in [6.45, 7) is 1.02. The summed E-state index contributed by atoms with van der Waals surface area (Å²) in [4.78, 5) is -0.283. The Bertz CT molecular complexity index is 809. The minimum atomic E-state index is -3.84. The van der Waals surface area contributed by atoms with Crippen LogP contribution in [0.15, 0.2) is 35.4 Å². The van der Waals surface area contributed by atoms with Gasteiger partial charge in [-0.3, -0.25) is 4.68 Å². The molecular formula is C15H19FN4O3S. The maximum absolute atomic E-state index is 13.9. The zero-order chi connectivity index (χ0) is 17.2. The number of hydrogen-bond donors (Lipinski definition) is 1. The third-order valence-corrected chi connectivity index (χ3v) is 6.03. The lowest BCUT2D eigenvalue weighted by Gasteiger charge is -2.31. The van der Waals surface area contributed by atoms with Gasteiger partial charge in [-0.25, -0.2) is 12.8 Å². The first-order valence-corrected chi connectivity index (χ1v) is 9.19. The first kappa shape index (κ1) is 17.0. The summed E-state index contributed by atoms with van der Waals surface area (Å²) in [6, 6.07) is 5.43. The van der Waals surface area contributed by atoms with Gasteiger partial charge in [-0.1, -0.05) is 17.3 Å². The highest BCUT2D eigenvalue weighted by molar-refractivity contribution is 7.89. The molecule has 9 heteroatoms. The van der Waals surface area contributed by atoms with Crippen molar-refractivity contribution in [2.24, 2.45) is 5.92 Å². The second-order valence-electron chi connectivity index (χ2n) is 5.89. The van der Waals surface area contributed by atoms with Gasteiger partial charge in [0.25, 0.3) is 0 Å². The van der Waals surface area contributed by atoms with Crippen molar-refractivity contribution in [3.8, 4) is 0 Å². The van der Waals surface area contributed by atoms with Gasteiger partial charge in [0, 0.05) is 19.6 Å². The predicted molar refractivity (Wildman–Crippen MR) is 83.8 cm³/mol. The van der Waals surface area contributed by atoms with Crippen LogP contribution in [0.4, 0.5) is 4.39 Å². The number of sulfonamides is 1. The minimum Gasteiger partial charge on any atom is -0.390 e. The molecule has 1 saturated heterocycles. The number of aromatic nitrogens is 3. The summed E-state index contributed by atoms with van der Waals surface area (Å²) in [5, 5.41) is 16.7. The highest BCUT2D eigenvalue weighted by Crippen LogP contribution is 2.25. The fourth-order valence-electron chi connectivity index (χ4n) is 2.95. The molecule has 0 amide bonds. The molecule has 1 aromatic heterocycles. The van der Waals surface area contributed by atoms with Crippen LogP contribution >= 0.6 is 0 Å². The van der Waals surface area contributed by atoms with E-state index in [9.17, 15) is 12.8 Å². The van der Waals surface area contributed by atoms with E-state index in [1.807, 2.05) is 0 Å². The number of aliphatic hydroxyl groups excluding tert-OH is 1. The molecule has 2 heterocycles. The third kappa shape index (κ3) is 3.47. The average Bonchev–Trinajstić information content (AvgIpc) is 3.03. The molecule has 130 valence electrons. The number of benzene rings is 1. The van der Waals surface area contributed by atoms with Crippen molar-refractivity contribution < 1.29 is 17.9 Å². The lowest BCUT2D eigenvalue weighted by molar-refractivity contribution is 0.238. The second-order valence-corrected chi connectivity index (χ2v) is 7.80. The average molecular weight is 354 g/mol. The Morgan fingerprint density at radius 2 is 2.12 bits per heavy atom. The van der Waals surface area contributed by atoms with Gasteiger partial charge in [0.05, 0.1) is 12.8 Å². The van der Waals surface area contributed by atoms with Crippen LogP contribution in [0.3, 0.4) is 0 Å². The summed E-state index contributed by atoms with van der Waals surface area (Å²) >= 11 is 0. The lowest BCUT2D eigenvalue weighted by atomic mass is 10.00. The topological polar surface area (TPSA) is 88.3 Å².